The molecule has 0 aromatic carbocycles. The molecule has 0 atom stereocenters. The third-order valence-electron chi connectivity index (χ3n) is 2.18. The van der Waals surface area contributed by atoms with Gasteiger partial charge in [0.15, 0.2) is 5.65 Å². The number of halogens is 1. The van der Waals surface area contributed by atoms with Crippen LogP contribution in [0.2, 0.25) is 0 Å². The number of nitrogens with zero attached hydrogens (tertiary/aromatic N) is 2. The summed E-state index contributed by atoms with van der Waals surface area (Å²) in [5.41, 5.74) is 3.40. The van der Waals surface area contributed by atoms with Crippen molar-refractivity contribution in [3.05, 3.63) is 47.8 Å². The van der Waals surface area contributed by atoms with Gasteiger partial charge in [-0.3, -0.25) is 0 Å². The Bertz CT molecular complexity index is 480. The molecule has 2 nitrogen and oxygen atoms in total. The van der Waals surface area contributed by atoms with E-state index in [1.807, 2.05) is 24.3 Å². The number of hydrogen-bond acceptors (Lipinski definition) is 2. The summed E-state index contributed by atoms with van der Waals surface area (Å²) in [6.45, 7) is 0. The summed E-state index contributed by atoms with van der Waals surface area (Å²) >= 11 is 5.45. The normalized spacial score (nSPS) is 11.3. The third kappa shape index (κ3) is 2.54. The van der Waals surface area contributed by atoms with E-state index in [1.165, 1.54) is 0 Å². The van der Waals surface area contributed by atoms with Crippen molar-refractivity contribution < 1.29 is 0 Å². The van der Waals surface area contributed by atoms with Crippen LogP contribution in [-0.2, 0) is 6.42 Å². The van der Waals surface area contributed by atoms with E-state index in [4.69, 9.17) is 11.6 Å². The van der Waals surface area contributed by atoms with Gasteiger partial charge in [0.25, 0.3) is 0 Å². The second kappa shape index (κ2) is 4.89. The van der Waals surface area contributed by atoms with Gasteiger partial charge in [-0.05, 0) is 37.1 Å². The molecule has 2 aromatic heterocycles. The average molecular weight is 219 g/mol. The summed E-state index contributed by atoms with van der Waals surface area (Å²) in [7, 11) is 0. The fraction of sp³-hybridized carbons (Fsp3) is 0.167. The molecule has 0 bridgehead atoms. The minimum atomic E-state index is 0.810. The fourth-order valence-corrected chi connectivity index (χ4v) is 1.55. The predicted molar refractivity (Wildman–Crippen MR) is 62.9 cm³/mol. The first-order valence-corrected chi connectivity index (χ1v) is 5.29. The van der Waals surface area contributed by atoms with Crippen LogP contribution >= 0.6 is 11.6 Å². The van der Waals surface area contributed by atoms with E-state index in [1.54, 1.807) is 11.7 Å². The second-order valence-corrected chi connectivity index (χ2v) is 3.51. The Morgan fingerprint density at radius 1 is 1.27 bits per heavy atom. The molecule has 0 saturated carbocycles. The first-order valence-electron chi connectivity index (χ1n) is 4.86. The average Bonchev–Trinajstić information content (AvgIpc) is 2.29. The smallest absolute Gasteiger partial charge is 0.159 e. The highest BCUT2D eigenvalue weighted by molar-refractivity contribution is 6.25. The molecular weight excluding hydrogens is 208 g/mol. The quantitative estimate of drug-likeness (QED) is 0.790. The summed E-state index contributed by atoms with van der Waals surface area (Å²) in [6, 6.07) is 8.01. The van der Waals surface area contributed by atoms with Gasteiger partial charge >= 0.3 is 0 Å². The maximum absolute atomic E-state index is 5.45. The highest BCUT2D eigenvalue weighted by atomic mass is 35.5. The Balaban J connectivity index is 2.23. The summed E-state index contributed by atoms with van der Waals surface area (Å²) in [5, 5.41) is 1.08. The molecule has 0 radical (unpaired) electrons. The number of aryl methyl sites for hydroxylation is 1. The van der Waals surface area contributed by atoms with Gasteiger partial charge in [-0.2, -0.15) is 0 Å². The van der Waals surface area contributed by atoms with Crippen molar-refractivity contribution in [2.24, 2.45) is 0 Å². The molecule has 2 rings (SSSR count). The number of aromatic nitrogens is 2. The standard InChI is InChI=1S/C12H11ClN2/c13-8-2-1-5-11-7-6-10-4-3-9-14-12(10)15-11/h2-4,6-9H,1,5H2. The Morgan fingerprint density at radius 3 is 3.07 bits per heavy atom. The van der Waals surface area contributed by atoms with E-state index in [9.17, 15) is 0 Å². The van der Waals surface area contributed by atoms with Gasteiger partial charge in [-0.1, -0.05) is 17.7 Å². The maximum atomic E-state index is 5.45. The van der Waals surface area contributed by atoms with Crippen LogP contribution < -0.4 is 0 Å². The second-order valence-electron chi connectivity index (χ2n) is 3.25. The molecule has 2 heterocycles. The van der Waals surface area contributed by atoms with Gasteiger partial charge in [-0.25, -0.2) is 9.97 Å². The number of allylic oxidation sites excluding steroid dienone is 1. The maximum Gasteiger partial charge on any atom is 0.159 e. The number of pyridine rings is 2. The van der Waals surface area contributed by atoms with Crippen LogP contribution in [0, 0.1) is 0 Å². The van der Waals surface area contributed by atoms with E-state index in [0.717, 1.165) is 29.6 Å². The topological polar surface area (TPSA) is 25.8 Å². The van der Waals surface area contributed by atoms with Gasteiger partial charge in [0.1, 0.15) is 0 Å². The van der Waals surface area contributed by atoms with Crippen molar-refractivity contribution in [3.8, 4) is 0 Å². The Kier molecular flexibility index (Phi) is 3.30. The minimum absolute atomic E-state index is 0.810. The van der Waals surface area contributed by atoms with Crippen molar-refractivity contribution in [1.29, 1.82) is 0 Å². The summed E-state index contributed by atoms with van der Waals surface area (Å²) in [4.78, 5) is 8.67. The van der Waals surface area contributed by atoms with Crippen molar-refractivity contribution >= 4 is 22.6 Å². The molecule has 0 aliphatic heterocycles. The molecule has 0 aliphatic carbocycles. The highest BCUT2D eigenvalue weighted by Gasteiger charge is 1.97. The molecule has 0 aliphatic rings. The van der Waals surface area contributed by atoms with Crippen molar-refractivity contribution in [3.63, 3.8) is 0 Å². The van der Waals surface area contributed by atoms with Crippen LogP contribution in [0.25, 0.3) is 11.0 Å². The molecule has 0 amide bonds. The van der Waals surface area contributed by atoms with Crippen LogP contribution in [0.1, 0.15) is 12.1 Å². The van der Waals surface area contributed by atoms with Crippen LogP contribution in [-0.4, -0.2) is 9.97 Å². The predicted octanol–water partition coefficient (Wildman–Crippen LogP) is 3.31. The summed E-state index contributed by atoms with van der Waals surface area (Å²) < 4.78 is 0. The SMILES string of the molecule is ClC=CCCc1ccc2cccnc2n1. The third-order valence-corrected chi connectivity index (χ3v) is 2.36. The first-order chi connectivity index (χ1) is 7.40. The lowest BCUT2D eigenvalue weighted by atomic mass is 10.2. The van der Waals surface area contributed by atoms with Gasteiger partial charge in [0.05, 0.1) is 0 Å². The Labute approximate surface area is 93.6 Å². The lowest BCUT2D eigenvalue weighted by molar-refractivity contribution is 0.951. The number of hydrogen-bond donors (Lipinski definition) is 0. The zero-order chi connectivity index (χ0) is 10.5. The van der Waals surface area contributed by atoms with Crippen molar-refractivity contribution in [2.45, 2.75) is 12.8 Å². The number of rotatable bonds is 3. The fourth-order valence-electron chi connectivity index (χ4n) is 1.43. The summed E-state index contributed by atoms with van der Waals surface area (Å²) in [5.74, 6) is 0. The highest BCUT2D eigenvalue weighted by Crippen LogP contribution is 2.10. The van der Waals surface area contributed by atoms with Crippen LogP contribution in [0.4, 0.5) is 0 Å². The zero-order valence-corrected chi connectivity index (χ0v) is 8.98. The molecule has 15 heavy (non-hydrogen) atoms. The van der Waals surface area contributed by atoms with E-state index in [0.29, 0.717) is 0 Å². The van der Waals surface area contributed by atoms with Crippen LogP contribution in [0.5, 0.6) is 0 Å². The van der Waals surface area contributed by atoms with Gasteiger partial charge < -0.3 is 0 Å². The molecule has 0 spiro atoms. The lowest BCUT2D eigenvalue weighted by Gasteiger charge is -1.99. The molecule has 0 saturated heterocycles. The molecule has 0 unspecified atom stereocenters. The Morgan fingerprint density at radius 2 is 2.20 bits per heavy atom. The molecule has 3 heteroatoms. The van der Waals surface area contributed by atoms with E-state index < -0.39 is 0 Å². The van der Waals surface area contributed by atoms with E-state index in [-0.39, 0.29) is 0 Å². The molecule has 76 valence electrons. The van der Waals surface area contributed by atoms with E-state index in [2.05, 4.69) is 16.0 Å². The number of fused-ring (bicyclic) bond motifs is 1. The molecule has 2 aromatic rings. The summed E-state index contributed by atoms with van der Waals surface area (Å²) in [6.07, 6.45) is 5.49. The Hall–Kier alpha value is -1.41. The van der Waals surface area contributed by atoms with Crippen molar-refractivity contribution in [2.75, 3.05) is 0 Å². The van der Waals surface area contributed by atoms with Crippen LogP contribution in [0.3, 0.4) is 0 Å². The molecular formula is C12H11ClN2. The minimum Gasteiger partial charge on any atom is -0.237 e. The lowest BCUT2D eigenvalue weighted by Crippen LogP contribution is -1.91. The first kappa shape index (κ1) is 10.1. The van der Waals surface area contributed by atoms with E-state index >= 15 is 0 Å². The van der Waals surface area contributed by atoms with Crippen molar-refractivity contribution in [1.82, 2.24) is 9.97 Å². The van der Waals surface area contributed by atoms with Gasteiger partial charge in [-0.15, -0.1) is 0 Å². The zero-order valence-electron chi connectivity index (χ0n) is 8.23. The largest absolute Gasteiger partial charge is 0.237 e. The monoisotopic (exact) mass is 218 g/mol. The van der Waals surface area contributed by atoms with Gasteiger partial charge in [0.2, 0.25) is 0 Å². The van der Waals surface area contributed by atoms with Crippen LogP contribution in [0.15, 0.2) is 42.1 Å². The molecule has 0 N–H and O–H groups in total. The molecule has 0 fully saturated rings. The van der Waals surface area contributed by atoms with Gasteiger partial charge in [0, 0.05) is 22.8 Å².